The van der Waals surface area contributed by atoms with Crippen LogP contribution < -0.4 is 27.7 Å². The van der Waals surface area contributed by atoms with E-state index in [2.05, 4.69) is 30.7 Å². The van der Waals surface area contributed by atoms with E-state index in [1.807, 2.05) is 0 Å². The molecule has 0 fully saturated rings. The van der Waals surface area contributed by atoms with Gasteiger partial charge in [-0.3, -0.25) is 19.3 Å². The number of nitrogens with one attached hydrogen (secondary N) is 2. The van der Waals surface area contributed by atoms with Gasteiger partial charge in [0.05, 0.1) is 18.1 Å². The highest BCUT2D eigenvalue weighted by Crippen LogP contribution is 2.16. The lowest BCUT2D eigenvalue weighted by Gasteiger charge is -2.14. The maximum atomic E-state index is 12.8. The first-order valence-electron chi connectivity index (χ1n) is 9.34. The van der Waals surface area contributed by atoms with E-state index in [-0.39, 0.29) is 29.8 Å². The molecule has 3 rings (SSSR count). The molecule has 164 valence electrons. The molecule has 0 saturated heterocycles. The summed E-state index contributed by atoms with van der Waals surface area (Å²) in [5.41, 5.74) is 12.5. The fraction of sp³-hybridized carbons (Fsp3) is 0.333. The van der Waals surface area contributed by atoms with E-state index in [0.29, 0.717) is 17.1 Å². The number of anilines is 3. The van der Waals surface area contributed by atoms with Crippen molar-refractivity contribution >= 4 is 28.8 Å². The number of aryl methyl sites for hydroxylation is 1. The van der Waals surface area contributed by atoms with Crippen LogP contribution in [0.4, 0.5) is 17.3 Å². The van der Waals surface area contributed by atoms with Gasteiger partial charge in [-0.1, -0.05) is 5.16 Å². The summed E-state index contributed by atoms with van der Waals surface area (Å²) in [4.78, 5) is 37.9. The quantitative estimate of drug-likeness (QED) is 0.401. The van der Waals surface area contributed by atoms with E-state index in [4.69, 9.17) is 16.0 Å². The Morgan fingerprint density at radius 1 is 1.35 bits per heavy atom. The lowest BCUT2D eigenvalue weighted by Crippen LogP contribution is -2.34. The second-order valence-electron chi connectivity index (χ2n) is 6.88. The number of carbonyl (C=O) groups is 1. The molecule has 13 heteroatoms. The first-order chi connectivity index (χ1) is 14.7. The third-order valence-corrected chi connectivity index (χ3v) is 4.56. The number of hydrogen-bond acceptors (Lipinski definition) is 10. The van der Waals surface area contributed by atoms with Gasteiger partial charge in [0, 0.05) is 7.05 Å². The van der Waals surface area contributed by atoms with E-state index >= 15 is 0 Å². The summed E-state index contributed by atoms with van der Waals surface area (Å²) in [6, 6.07) is -0.798. The van der Waals surface area contributed by atoms with Gasteiger partial charge >= 0.3 is 0 Å². The van der Waals surface area contributed by atoms with Crippen molar-refractivity contribution in [1.82, 2.24) is 29.5 Å². The molecule has 31 heavy (non-hydrogen) atoms. The first-order valence-corrected chi connectivity index (χ1v) is 9.34. The van der Waals surface area contributed by atoms with E-state index in [1.54, 1.807) is 27.8 Å². The number of rotatable bonds is 7. The minimum absolute atomic E-state index is 0.0407. The Kier molecular flexibility index (Phi) is 6.04. The molecule has 0 aliphatic carbocycles. The summed E-state index contributed by atoms with van der Waals surface area (Å²) in [5, 5.41) is 9.22. The third kappa shape index (κ3) is 4.55. The number of amides is 1. The zero-order valence-corrected chi connectivity index (χ0v) is 17.6. The summed E-state index contributed by atoms with van der Waals surface area (Å²) >= 11 is 0. The normalized spacial score (nSPS) is 12.6. The summed E-state index contributed by atoms with van der Waals surface area (Å²) in [6.07, 6.45) is 4.35. The highest BCUT2D eigenvalue weighted by molar-refractivity contribution is 5.95. The van der Waals surface area contributed by atoms with Gasteiger partial charge in [0.25, 0.3) is 5.56 Å². The maximum Gasteiger partial charge on any atom is 0.292 e. The summed E-state index contributed by atoms with van der Waals surface area (Å²) in [5.74, 6) is 0.701. The second kappa shape index (κ2) is 8.69. The number of nitrogen functional groups attached to an aromatic ring is 1. The van der Waals surface area contributed by atoms with Crippen LogP contribution in [-0.2, 0) is 18.4 Å². The van der Waals surface area contributed by atoms with Gasteiger partial charge in [-0.05, 0) is 32.5 Å². The average molecular weight is 428 g/mol. The summed E-state index contributed by atoms with van der Waals surface area (Å²) in [7, 11) is 1.62. The zero-order chi connectivity index (χ0) is 22.7. The van der Waals surface area contributed by atoms with Crippen LogP contribution in [0.1, 0.15) is 31.3 Å². The monoisotopic (exact) mass is 428 g/mol. The minimum Gasteiger partial charge on any atom is -0.404 e. The molecule has 1 atom stereocenters. The number of carbonyl (C=O) groups excluding carboxylic acids is 1. The fourth-order valence-corrected chi connectivity index (χ4v) is 2.73. The molecule has 1 amide bonds. The molecule has 6 N–H and O–H groups in total. The molecular formula is C18H24N10O3. The highest BCUT2D eigenvalue weighted by atomic mass is 16.5. The van der Waals surface area contributed by atoms with Crippen LogP contribution in [0, 0.1) is 6.92 Å². The van der Waals surface area contributed by atoms with Crippen molar-refractivity contribution in [3.63, 3.8) is 0 Å². The Bertz CT molecular complexity index is 1190. The lowest BCUT2D eigenvalue weighted by molar-refractivity contribution is -0.116. The Morgan fingerprint density at radius 3 is 2.74 bits per heavy atom. The van der Waals surface area contributed by atoms with Crippen molar-refractivity contribution in [2.45, 2.75) is 33.4 Å². The standard InChI is InChI=1S/C18H24N10O3/c1-9(5-19)12-6-21-7-13(24-12)25-17(29)10(2)22-15-16(20)27(4)28(18(15)30)8-14-23-11(3)26-31-14/h5-7,10,22H,8,19-20H2,1-4H3,(H,24,25,29)/b9-5+/t10-/m0/s1. The van der Waals surface area contributed by atoms with Crippen molar-refractivity contribution < 1.29 is 9.32 Å². The molecule has 0 aliphatic rings. The summed E-state index contributed by atoms with van der Waals surface area (Å²) < 4.78 is 7.84. The van der Waals surface area contributed by atoms with Crippen LogP contribution >= 0.6 is 0 Å². The molecule has 0 aliphatic heterocycles. The van der Waals surface area contributed by atoms with Gasteiger partial charge in [0.2, 0.25) is 11.8 Å². The molecule has 3 aromatic heterocycles. The molecule has 0 aromatic carbocycles. The van der Waals surface area contributed by atoms with E-state index in [1.165, 1.54) is 28.0 Å². The summed E-state index contributed by atoms with van der Waals surface area (Å²) in [6.45, 7) is 5.09. The molecule has 3 heterocycles. The van der Waals surface area contributed by atoms with E-state index < -0.39 is 17.5 Å². The van der Waals surface area contributed by atoms with Crippen LogP contribution in [0.5, 0.6) is 0 Å². The van der Waals surface area contributed by atoms with Crippen LogP contribution in [0.3, 0.4) is 0 Å². The van der Waals surface area contributed by atoms with Crippen molar-refractivity contribution in [2.75, 3.05) is 16.4 Å². The number of nitrogens with zero attached hydrogens (tertiary/aromatic N) is 6. The molecule has 13 nitrogen and oxygen atoms in total. The zero-order valence-electron chi connectivity index (χ0n) is 17.6. The predicted octanol–water partition coefficient (Wildman–Crippen LogP) is 0.0573. The van der Waals surface area contributed by atoms with Gasteiger partial charge < -0.3 is 26.6 Å². The Morgan fingerprint density at radius 2 is 2.10 bits per heavy atom. The van der Waals surface area contributed by atoms with Gasteiger partial charge in [0.1, 0.15) is 24.1 Å². The SMILES string of the molecule is C/C(=C\N)c1cncc(NC(=O)[C@H](C)Nc2c(N)n(C)n(Cc3nc(C)no3)c2=O)n1. The van der Waals surface area contributed by atoms with Crippen molar-refractivity contribution in [2.24, 2.45) is 12.8 Å². The van der Waals surface area contributed by atoms with Crippen molar-refractivity contribution in [3.05, 3.63) is 46.4 Å². The Labute approximate surface area is 177 Å². The van der Waals surface area contributed by atoms with Crippen LogP contribution in [0.15, 0.2) is 27.9 Å². The van der Waals surface area contributed by atoms with Gasteiger partial charge in [-0.2, -0.15) is 4.98 Å². The third-order valence-electron chi connectivity index (χ3n) is 4.56. The predicted molar refractivity (Wildman–Crippen MR) is 114 cm³/mol. The average Bonchev–Trinajstić information content (AvgIpc) is 3.25. The number of nitrogens with two attached hydrogens (primary N) is 2. The molecular weight excluding hydrogens is 404 g/mol. The maximum absolute atomic E-state index is 12.8. The van der Waals surface area contributed by atoms with Crippen molar-refractivity contribution in [1.29, 1.82) is 0 Å². The second-order valence-corrected chi connectivity index (χ2v) is 6.88. The van der Waals surface area contributed by atoms with Gasteiger partial charge in [0.15, 0.2) is 11.6 Å². The topological polar surface area (TPSA) is 185 Å². The number of hydrogen-bond donors (Lipinski definition) is 4. The largest absolute Gasteiger partial charge is 0.404 e. The number of aromatic nitrogens is 6. The van der Waals surface area contributed by atoms with E-state index in [0.717, 1.165) is 0 Å². The lowest BCUT2D eigenvalue weighted by atomic mass is 10.2. The Hall–Kier alpha value is -4.16. The smallest absolute Gasteiger partial charge is 0.292 e. The molecule has 3 aromatic rings. The first kappa shape index (κ1) is 21.5. The molecule has 0 unspecified atom stereocenters. The molecule has 0 bridgehead atoms. The Balaban J connectivity index is 1.75. The van der Waals surface area contributed by atoms with Crippen LogP contribution in [0.25, 0.3) is 5.57 Å². The molecule has 0 radical (unpaired) electrons. The van der Waals surface area contributed by atoms with E-state index in [9.17, 15) is 9.59 Å². The van der Waals surface area contributed by atoms with Crippen LogP contribution in [-0.4, -0.2) is 41.4 Å². The molecule has 0 saturated carbocycles. The molecule has 0 spiro atoms. The van der Waals surface area contributed by atoms with Gasteiger partial charge in [-0.25, -0.2) is 9.67 Å². The van der Waals surface area contributed by atoms with Gasteiger partial charge in [-0.15, -0.1) is 0 Å². The fourth-order valence-electron chi connectivity index (χ4n) is 2.73. The highest BCUT2D eigenvalue weighted by Gasteiger charge is 2.22. The number of allylic oxidation sites excluding steroid dienone is 1. The van der Waals surface area contributed by atoms with Crippen LogP contribution in [0.2, 0.25) is 0 Å². The minimum atomic E-state index is -0.798. The van der Waals surface area contributed by atoms with Crippen molar-refractivity contribution in [3.8, 4) is 0 Å².